The Hall–Kier alpha value is -1.82. The van der Waals surface area contributed by atoms with Gasteiger partial charge in [-0.2, -0.15) is 0 Å². The van der Waals surface area contributed by atoms with Crippen LogP contribution in [0.1, 0.15) is 13.8 Å². The predicted octanol–water partition coefficient (Wildman–Crippen LogP) is 1.89. The molecule has 0 aliphatic carbocycles. The monoisotopic (exact) mass is 311 g/mol. The van der Waals surface area contributed by atoms with Crippen molar-refractivity contribution in [2.24, 2.45) is 0 Å². The molecule has 1 amide bonds. The first-order valence-corrected chi connectivity index (χ1v) is 8.48. The molecular formula is C15H21NO4S. The van der Waals surface area contributed by atoms with E-state index >= 15 is 0 Å². The van der Waals surface area contributed by atoms with E-state index in [2.05, 4.69) is 6.58 Å². The summed E-state index contributed by atoms with van der Waals surface area (Å²) in [5, 5.41) is 0. The van der Waals surface area contributed by atoms with Crippen LogP contribution < -0.4 is 4.74 Å². The highest BCUT2D eigenvalue weighted by molar-refractivity contribution is 7.90. The number of benzene rings is 1. The zero-order valence-corrected chi connectivity index (χ0v) is 13.4. The van der Waals surface area contributed by atoms with Gasteiger partial charge in [0.2, 0.25) is 0 Å². The number of likely N-dealkylation sites (N-methyl/N-ethyl adjacent to an activating group) is 1. The van der Waals surface area contributed by atoms with Crippen molar-refractivity contribution in [2.75, 3.05) is 26.0 Å². The van der Waals surface area contributed by atoms with Gasteiger partial charge in [-0.15, -0.1) is 0 Å². The third kappa shape index (κ3) is 5.59. The van der Waals surface area contributed by atoms with Crippen LogP contribution in [-0.4, -0.2) is 45.2 Å². The van der Waals surface area contributed by atoms with Gasteiger partial charge in [-0.25, -0.2) is 8.42 Å². The average Bonchev–Trinajstić information content (AvgIpc) is 2.41. The van der Waals surface area contributed by atoms with Gasteiger partial charge in [0, 0.05) is 19.3 Å². The molecule has 0 aliphatic heterocycles. The van der Waals surface area contributed by atoms with E-state index in [1.165, 1.54) is 12.1 Å². The summed E-state index contributed by atoms with van der Waals surface area (Å²) in [6.45, 7) is 8.54. The maximum absolute atomic E-state index is 12.0. The first-order chi connectivity index (χ1) is 9.74. The first kappa shape index (κ1) is 17.2. The molecular weight excluding hydrogens is 290 g/mol. The number of sulfone groups is 1. The highest BCUT2D eigenvalue weighted by Gasteiger charge is 2.12. The molecule has 0 heterocycles. The van der Waals surface area contributed by atoms with Crippen LogP contribution >= 0.6 is 0 Å². The van der Waals surface area contributed by atoms with Crippen LogP contribution in [0.25, 0.3) is 0 Å². The molecule has 0 fully saturated rings. The number of nitrogens with zero attached hydrogens (tertiary/aromatic N) is 1. The molecule has 0 unspecified atom stereocenters. The number of amides is 1. The highest BCUT2D eigenvalue weighted by atomic mass is 32.2. The summed E-state index contributed by atoms with van der Waals surface area (Å²) in [4.78, 5) is 13.8. The highest BCUT2D eigenvalue weighted by Crippen LogP contribution is 2.15. The molecule has 0 radical (unpaired) electrons. The topological polar surface area (TPSA) is 63.7 Å². The number of carbonyl (C=O) groups excluding carboxylic acids is 1. The van der Waals surface area contributed by atoms with Gasteiger partial charge in [-0.1, -0.05) is 12.2 Å². The van der Waals surface area contributed by atoms with E-state index in [0.717, 1.165) is 11.8 Å². The molecule has 6 heteroatoms. The van der Waals surface area contributed by atoms with Gasteiger partial charge in [0.05, 0.1) is 4.90 Å². The van der Waals surface area contributed by atoms with Gasteiger partial charge < -0.3 is 9.64 Å². The van der Waals surface area contributed by atoms with Crippen molar-refractivity contribution in [3.8, 4) is 5.75 Å². The number of hydrogen-bond donors (Lipinski definition) is 0. The minimum absolute atomic E-state index is 0.0840. The Bertz CT molecular complexity index is 605. The van der Waals surface area contributed by atoms with Gasteiger partial charge in [-0.3, -0.25) is 4.79 Å². The molecule has 0 spiro atoms. The Balaban J connectivity index is 2.62. The van der Waals surface area contributed by atoms with Crippen LogP contribution in [0.5, 0.6) is 5.75 Å². The predicted molar refractivity (Wildman–Crippen MR) is 82.1 cm³/mol. The first-order valence-electron chi connectivity index (χ1n) is 6.59. The molecule has 0 atom stereocenters. The summed E-state index contributed by atoms with van der Waals surface area (Å²) in [6.07, 6.45) is 1.14. The Morgan fingerprint density at radius 1 is 1.29 bits per heavy atom. The van der Waals surface area contributed by atoms with E-state index in [1.807, 2.05) is 13.8 Å². The van der Waals surface area contributed by atoms with Crippen LogP contribution in [-0.2, 0) is 14.6 Å². The van der Waals surface area contributed by atoms with Gasteiger partial charge >= 0.3 is 0 Å². The molecule has 0 bridgehead atoms. The number of carbonyl (C=O) groups is 1. The summed E-state index contributed by atoms with van der Waals surface area (Å²) in [7, 11) is -3.22. The minimum atomic E-state index is -3.22. The lowest BCUT2D eigenvalue weighted by molar-refractivity contribution is -0.132. The van der Waals surface area contributed by atoms with Crippen molar-refractivity contribution in [3.05, 3.63) is 36.4 Å². The summed E-state index contributed by atoms with van der Waals surface area (Å²) < 4.78 is 28.0. The van der Waals surface area contributed by atoms with E-state index in [0.29, 0.717) is 18.8 Å². The van der Waals surface area contributed by atoms with E-state index in [9.17, 15) is 13.2 Å². The van der Waals surface area contributed by atoms with Crippen LogP contribution in [0, 0.1) is 0 Å². The minimum Gasteiger partial charge on any atom is -0.484 e. The lowest BCUT2D eigenvalue weighted by atomic mass is 10.3. The number of rotatable bonds is 7. The van der Waals surface area contributed by atoms with E-state index < -0.39 is 9.84 Å². The van der Waals surface area contributed by atoms with Crippen molar-refractivity contribution >= 4 is 15.7 Å². The van der Waals surface area contributed by atoms with Crippen LogP contribution in [0.4, 0.5) is 0 Å². The fourth-order valence-electron chi connectivity index (χ4n) is 1.72. The molecule has 0 saturated heterocycles. The Morgan fingerprint density at radius 3 is 2.29 bits per heavy atom. The lowest BCUT2D eigenvalue weighted by Gasteiger charge is -2.21. The zero-order valence-electron chi connectivity index (χ0n) is 12.6. The molecule has 1 aromatic carbocycles. The van der Waals surface area contributed by atoms with Crippen LogP contribution in [0.2, 0.25) is 0 Å². The quantitative estimate of drug-likeness (QED) is 0.721. The van der Waals surface area contributed by atoms with Crippen molar-refractivity contribution in [3.63, 3.8) is 0 Å². The van der Waals surface area contributed by atoms with Gasteiger partial charge in [-0.05, 0) is 38.1 Å². The van der Waals surface area contributed by atoms with Crippen molar-refractivity contribution in [1.82, 2.24) is 4.90 Å². The van der Waals surface area contributed by atoms with Gasteiger partial charge in [0.15, 0.2) is 16.4 Å². The second-order valence-electron chi connectivity index (χ2n) is 4.90. The molecule has 21 heavy (non-hydrogen) atoms. The summed E-state index contributed by atoms with van der Waals surface area (Å²) in [6, 6.07) is 6.00. The fraction of sp³-hybridized carbons (Fsp3) is 0.400. The second-order valence-corrected chi connectivity index (χ2v) is 6.91. The normalized spacial score (nSPS) is 11.0. The lowest BCUT2D eigenvalue weighted by Crippen LogP contribution is -2.35. The fourth-order valence-corrected chi connectivity index (χ4v) is 2.35. The Morgan fingerprint density at radius 2 is 1.86 bits per heavy atom. The molecule has 0 N–H and O–H groups in total. The SMILES string of the molecule is C=C(C)CN(CC)C(=O)COc1ccc(S(C)(=O)=O)cc1. The van der Waals surface area contributed by atoms with Crippen molar-refractivity contribution in [2.45, 2.75) is 18.7 Å². The van der Waals surface area contributed by atoms with Crippen LogP contribution in [0.3, 0.4) is 0 Å². The number of hydrogen-bond acceptors (Lipinski definition) is 4. The van der Waals surface area contributed by atoms with E-state index in [-0.39, 0.29) is 17.4 Å². The van der Waals surface area contributed by atoms with E-state index in [1.54, 1.807) is 17.0 Å². The Labute approximate surface area is 126 Å². The van der Waals surface area contributed by atoms with Gasteiger partial charge in [0.25, 0.3) is 5.91 Å². The van der Waals surface area contributed by atoms with Gasteiger partial charge in [0.1, 0.15) is 5.75 Å². The average molecular weight is 311 g/mol. The maximum Gasteiger partial charge on any atom is 0.260 e. The van der Waals surface area contributed by atoms with E-state index in [4.69, 9.17) is 4.74 Å². The third-order valence-corrected chi connectivity index (χ3v) is 3.94. The molecule has 5 nitrogen and oxygen atoms in total. The second kappa shape index (κ2) is 7.26. The smallest absolute Gasteiger partial charge is 0.260 e. The summed E-state index contributed by atoms with van der Waals surface area (Å²) in [5.74, 6) is 0.329. The molecule has 1 rings (SSSR count). The standard InChI is InChI=1S/C15H21NO4S/c1-5-16(10-12(2)3)15(17)11-20-13-6-8-14(9-7-13)21(4,18)19/h6-9H,2,5,10-11H2,1,3-4H3. The Kier molecular flexibility index (Phi) is 5.96. The summed E-state index contributed by atoms with van der Waals surface area (Å²) in [5.41, 5.74) is 0.905. The molecule has 0 saturated carbocycles. The molecule has 0 aromatic heterocycles. The zero-order chi connectivity index (χ0) is 16.0. The summed E-state index contributed by atoms with van der Waals surface area (Å²) >= 11 is 0. The number of ether oxygens (including phenoxy) is 1. The molecule has 1 aromatic rings. The van der Waals surface area contributed by atoms with Crippen molar-refractivity contribution in [1.29, 1.82) is 0 Å². The maximum atomic E-state index is 12.0. The van der Waals surface area contributed by atoms with Crippen LogP contribution in [0.15, 0.2) is 41.3 Å². The van der Waals surface area contributed by atoms with Crippen molar-refractivity contribution < 1.29 is 17.9 Å². The third-order valence-electron chi connectivity index (χ3n) is 2.81. The molecule has 0 aliphatic rings. The largest absolute Gasteiger partial charge is 0.484 e. The molecule has 116 valence electrons.